The average Bonchev–Trinajstić information content (AvgIpc) is 2.59. The van der Waals surface area contributed by atoms with Crippen molar-refractivity contribution in [2.24, 2.45) is 0 Å². The molecule has 24 heavy (non-hydrogen) atoms. The number of aliphatic hydroxyl groups is 1. The van der Waals surface area contributed by atoms with E-state index in [1.165, 1.54) is 10.8 Å². The first-order valence-electron chi connectivity index (χ1n) is 8.34. The van der Waals surface area contributed by atoms with Crippen molar-refractivity contribution in [1.82, 2.24) is 5.32 Å². The van der Waals surface area contributed by atoms with Crippen molar-refractivity contribution < 1.29 is 5.11 Å². The molecule has 0 aliphatic carbocycles. The Hall–Kier alpha value is -1.90. The molecule has 0 aliphatic rings. The third-order valence-electron chi connectivity index (χ3n) is 4.17. The molecule has 0 saturated carbocycles. The molecular weight excluding hydrogens is 310 g/mol. The summed E-state index contributed by atoms with van der Waals surface area (Å²) in [6.45, 7) is 10.9. The Morgan fingerprint density at radius 1 is 1.00 bits per heavy atom. The van der Waals surface area contributed by atoms with Gasteiger partial charge in [0.25, 0.3) is 0 Å². The second-order valence-electron chi connectivity index (χ2n) is 7.00. The van der Waals surface area contributed by atoms with Crippen LogP contribution < -0.4 is 5.32 Å². The maximum Gasteiger partial charge on any atom is 0.0848 e. The Kier molecular flexibility index (Phi) is 6.35. The number of benzene rings is 2. The maximum absolute atomic E-state index is 9.94. The van der Waals surface area contributed by atoms with Crippen LogP contribution in [0.2, 0.25) is 19.6 Å². The van der Waals surface area contributed by atoms with Crippen molar-refractivity contribution in [3.05, 3.63) is 89.3 Å². The van der Waals surface area contributed by atoms with Crippen LogP contribution in [0.3, 0.4) is 0 Å². The lowest BCUT2D eigenvalue weighted by Gasteiger charge is -2.32. The lowest BCUT2D eigenvalue weighted by molar-refractivity contribution is 0.238. The molecule has 0 unspecified atom stereocenters. The van der Waals surface area contributed by atoms with Gasteiger partial charge in [0.2, 0.25) is 0 Å². The van der Waals surface area contributed by atoms with Crippen LogP contribution in [0.1, 0.15) is 23.2 Å². The first-order chi connectivity index (χ1) is 11.5. The smallest absolute Gasteiger partial charge is 0.0848 e. The minimum atomic E-state index is -1.61. The summed E-state index contributed by atoms with van der Waals surface area (Å²) in [6.07, 6.45) is 0. The lowest BCUT2D eigenvalue weighted by Crippen LogP contribution is -2.37. The summed E-state index contributed by atoms with van der Waals surface area (Å²) in [4.78, 5) is 0. The zero-order valence-corrected chi connectivity index (χ0v) is 15.8. The highest BCUT2D eigenvalue weighted by molar-refractivity contribution is 6.83. The molecule has 2 aromatic carbocycles. The fourth-order valence-electron chi connectivity index (χ4n) is 2.93. The van der Waals surface area contributed by atoms with Gasteiger partial charge in [0.1, 0.15) is 0 Å². The monoisotopic (exact) mass is 337 g/mol. The minimum Gasteiger partial charge on any atom is -0.394 e. The third kappa shape index (κ3) is 4.56. The number of nitrogens with one attached hydrogen (secondary N) is 1. The van der Waals surface area contributed by atoms with Gasteiger partial charge in [-0.25, -0.2) is 0 Å². The number of hydrogen-bond donors (Lipinski definition) is 2. The van der Waals surface area contributed by atoms with E-state index < -0.39 is 8.07 Å². The molecule has 2 N–H and O–H groups in total. The molecule has 0 aromatic heterocycles. The van der Waals surface area contributed by atoms with Gasteiger partial charge in [0.05, 0.1) is 26.8 Å². The molecule has 0 spiro atoms. The number of hydrogen-bond acceptors (Lipinski definition) is 2. The van der Waals surface area contributed by atoms with Crippen LogP contribution in [0.15, 0.2) is 78.2 Å². The molecule has 0 amide bonds. The fraction of sp³-hybridized carbons (Fsp3) is 0.286. The maximum atomic E-state index is 9.94. The Labute approximate surface area is 146 Å². The highest BCUT2D eigenvalue weighted by atomic mass is 28.3. The third-order valence-corrected chi connectivity index (χ3v) is 6.25. The van der Waals surface area contributed by atoms with Gasteiger partial charge in [-0.1, -0.05) is 86.9 Å². The van der Waals surface area contributed by atoms with E-state index in [4.69, 9.17) is 0 Å². The molecule has 3 heteroatoms. The van der Waals surface area contributed by atoms with Crippen LogP contribution in [-0.4, -0.2) is 19.8 Å². The van der Waals surface area contributed by atoms with E-state index >= 15 is 0 Å². The van der Waals surface area contributed by atoms with Crippen LogP contribution in [-0.2, 0) is 0 Å². The summed E-state index contributed by atoms with van der Waals surface area (Å²) >= 11 is 0. The molecule has 0 radical (unpaired) electrons. The molecule has 2 atom stereocenters. The van der Waals surface area contributed by atoms with Crippen molar-refractivity contribution in [2.45, 2.75) is 31.7 Å². The molecule has 0 heterocycles. The molecule has 0 bridgehead atoms. The zero-order chi connectivity index (χ0) is 17.6. The predicted octanol–water partition coefficient (Wildman–Crippen LogP) is 4.64. The molecule has 2 nitrogen and oxygen atoms in total. The lowest BCUT2D eigenvalue weighted by atomic mass is 10.0. The van der Waals surface area contributed by atoms with E-state index in [-0.39, 0.29) is 18.7 Å². The number of rotatable bonds is 7. The van der Waals surface area contributed by atoms with E-state index in [9.17, 15) is 5.11 Å². The topological polar surface area (TPSA) is 32.3 Å². The van der Waals surface area contributed by atoms with Crippen LogP contribution in [0.4, 0.5) is 0 Å². The van der Waals surface area contributed by atoms with E-state index in [1.807, 2.05) is 48.5 Å². The van der Waals surface area contributed by atoms with Gasteiger partial charge in [0, 0.05) is 0 Å². The Morgan fingerprint density at radius 3 is 1.92 bits per heavy atom. The normalized spacial score (nSPS) is 13.8. The highest BCUT2D eigenvalue weighted by Crippen LogP contribution is 2.31. The van der Waals surface area contributed by atoms with E-state index in [0.717, 1.165) is 5.56 Å². The van der Waals surface area contributed by atoms with Crippen molar-refractivity contribution in [3.8, 4) is 0 Å². The molecule has 0 fully saturated rings. The van der Waals surface area contributed by atoms with Crippen LogP contribution >= 0.6 is 0 Å². The zero-order valence-electron chi connectivity index (χ0n) is 14.8. The average molecular weight is 338 g/mol. The standard InChI is InChI=1S/C21H27NOSi/c1-5-20(24(2,3)4)21(18-14-10-7-11-15-18)22-19(16-23)17-12-8-6-9-13-17/h6-15,19,21-23H,1,16H2,2-4H3/t19-,21-/m0/s1. The molecule has 0 aliphatic heterocycles. The Bertz CT molecular complexity index is 685. The summed E-state index contributed by atoms with van der Waals surface area (Å²) in [5.74, 6) is 0. The molecule has 2 aromatic rings. The largest absolute Gasteiger partial charge is 0.394 e. The van der Waals surface area contributed by atoms with Gasteiger partial charge >= 0.3 is 0 Å². The van der Waals surface area contributed by atoms with E-state index in [0.29, 0.717) is 0 Å². The summed E-state index contributed by atoms with van der Waals surface area (Å²) in [7, 11) is -1.61. The van der Waals surface area contributed by atoms with Crippen LogP contribution in [0, 0.1) is 0 Å². The number of aliphatic hydroxyl groups excluding tert-OH is 1. The van der Waals surface area contributed by atoms with Crippen molar-refractivity contribution in [2.75, 3.05) is 6.61 Å². The van der Waals surface area contributed by atoms with Gasteiger partial charge in [-0.2, -0.15) is 0 Å². The van der Waals surface area contributed by atoms with Gasteiger partial charge in [-0.05, 0) is 16.3 Å². The SMILES string of the molecule is C=C=C([C@@H](N[C@@H](CO)c1ccccc1)c1ccccc1)[Si](C)(C)C. The van der Waals surface area contributed by atoms with Gasteiger partial charge in [-0.15, -0.1) is 5.73 Å². The van der Waals surface area contributed by atoms with Gasteiger partial charge < -0.3 is 5.11 Å². The van der Waals surface area contributed by atoms with Crippen molar-refractivity contribution in [1.29, 1.82) is 0 Å². The Balaban J connectivity index is 2.41. The van der Waals surface area contributed by atoms with Gasteiger partial charge in [0.15, 0.2) is 0 Å². The molecule has 0 saturated heterocycles. The highest BCUT2D eigenvalue weighted by Gasteiger charge is 2.29. The second-order valence-corrected chi connectivity index (χ2v) is 12.0. The summed E-state index contributed by atoms with van der Waals surface area (Å²) < 4.78 is 0. The van der Waals surface area contributed by atoms with Crippen LogP contribution in [0.25, 0.3) is 0 Å². The summed E-state index contributed by atoms with van der Waals surface area (Å²) in [6, 6.07) is 20.3. The van der Waals surface area contributed by atoms with Gasteiger partial charge in [-0.3, -0.25) is 5.32 Å². The molecule has 2 rings (SSSR count). The van der Waals surface area contributed by atoms with Crippen molar-refractivity contribution in [3.63, 3.8) is 0 Å². The van der Waals surface area contributed by atoms with Crippen molar-refractivity contribution >= 4 is 8.07 Å². The summed E-state index contributed by atoms with van der Waals surface area (Å²) in [5.41, 5.74) is 5.47. The molecular formula is C21H27NOSi. The Morgan fingerprint density at radius 2 is 1.50 bits per heavy atom. The molecule has 126 valence electrons. The first-order valence-corrected chi connectivity index (χ1v) is 11.8. The van der Waals surface area contributed by atoms with E-state index in [2.05, 4.69) is 49.4 Å². The predicted molar refractivity (Wildman–Crippen MR) is 105 cm³/mol. The first kappa shape index (κ1) is 18.4. The minimum absolute atomic E-state index is 0.00715. The van der Waals surface area contributed by atoms with E-state index in [1.54, 1.807) is 0 Å². The fourth-order valence-corrected chi connectivity index (χ4v) is 4.58. The second kappa shape index (κ2) is 8.27. The summed E-state index contributed by atoms with van der Waals surface area (Å²) in [5, 5.41) is 14.8. The van der Waals surface area contributed by atoms with Crippen LogP contribution in [0.5, 0.6) is 0 Å². The quantitative estimate of drug-likeness (QED) is 0.570.